The molecule has 3 heteroatoms. The number of benzene rings is 1. The Labute approximate surface area is 109 Å². The van der Waals surface area contributed by atoms with Crippen LogP contribution in [0.15, 0.2) is 24.3 Å². The Hall–Kier alpha value is -1.51. The summed E-state index contributed by atoms with van der Waals surface area (Å²) in [6.07, 6.45) is 0.373. The van der Waals surface area contributed by atoms with Crippen LogP contribution in [-0.4, -0.2) is 12.5 Å². The normalized spacial score (nSPS) is 13.1. The van der Waals surface area contributed by atoms with Gasteiger partial charge in [-0.3, -0.25) is 4.79 Å². The van der Waals surface area contributed by atoms with E-state index in [0.717, 1.165) is 11.3 Å². The fourth-order valence-electron chi connectivity index (χ4n) is 2.09. The van der Waals surface area contributed by atoms with Gasteiger partial charge in [0.2, 0.25) is 5.91 Å². The van der Waals surface area contributed by atoms with Crippen molar-refractivity contribution in [3.05, 3.63) is 29.8 Å². The maximum atomic E-state index is 11.2. The average molecular weight is 249 g/mol. The molecule has 100 valence electrons. The lowest BCUT2D eigenvalue weighted by Gasteiger charge is -2.30. The molecule has 0 heterocycles. The van der Waals surface area contributed by atoms with Gasteiger partial charge >= 0.3 is 0 Å². The molecule has 1 aromatic rings. The minimum absolute atomic E-state index is 0.00214. The molecule has 18 heavy (non-hydrogen) atoms. The summed E-state index contributed by atoms with van der Waals surface area (Å²) < 4.78 is 5.42. The number of carbonyl (C=O) groups excluding carboxylic acids is 1. The monoisotopic (exact) mass is 249 g/mol. The minimum atomic E-state index is -0.260. The lowest BCUT2D eigenvalue weighted by molar-refractivity contribution is -0.118. The number of ether oxygens (including phenoxy) is 1. The molecule has 1 amide bonds. The molecule has 0 radical (unpaired) electrons. The van der Waals surface area contributed by atoms with E-state index in [1.807, 2.05) is 31.2 Å². The summed E-state index contributed by atoms with van der Waals surface area (Å²) in [6, 6.07) is 7.92. The molecule has 1 unspecified atom stereocenters. The first-order valence-electron chi connectivity index (χ1n) is 6.35. The van der Waals surface area contributed by atoms with Crippen LogP contribution >= 0.6 is 0 Å². The molecular weight excluding hydrogens is 226 g/mol. The Morgan fingerprint density at radius 1 is 1.28 bits per heavy atom. The lowest BCUT2D eigenvalue weighted by atomic mass is 9.74. The number of carbonyl (C=O) groups is 1. The van der Waals surface area contributed by atoms with Crippen molar-refractivity contribution in [2.75, 3.05) is 6.61 Å². The van der Waals surface area contributed by atoms with Gasteiger partial charge in [0.1, 0.15) is 5.75 Å². The van der Waals surface area contributed by atoms with Crippen molar-refractivity contribution >= 4 is 5.91 Å². The van der Waals surface area contributed by atoms with Crippen molar-refractivity contribution in [3.8, 4) is 5.75 Å². The molecule has 0 fully saturated rings. The number of nitrogens with two attached hydrogens (primary N) is 1. The van der Waals surface area contributed by atoms with Gasteiger partial charge < -0.3 is 10.5 Å². The summed E-state index contributed by atoms with van der Waals surface area (Å²) in [5.41, 5.74) is 6.47. The molecule has 0 saturated heterocycles. The van der Waals surface area contributed by atoms with E-state index < -0.39 is 0 Å². The largest absolute Gasteiger partial charge is 0.494 e. The van der Waals surface area contributed by atoms with Crippen molar-refractivity contribution in [2.24, 2.45) is 11.1 Å². The molecule has 0 bridgehead atoms. The van der Waals surface area contributed by atoms with Crippen molar-refractivity contribution in [1.82, 2.24) is 0 Å². The highest BCUT2D eigenvalue weighted by molar-refractivity contribution is 5.75. The van der Waals surface area contributed by atoms with Crippen LogP contribution in [0.5, 0.6) is 5.75 Å². The second kappa shape index (κ2) is 5.89. The second-order valence-corrected chi connectivity index (χ2v) is 5.59. The van der Waals surface area contributed by atoms with E-state index in [0.29, 0.717) is 13.0 Å². The highest BCUT2D eigenvalue weighted by Crippen LogP contribution is 2.38. The van der Waals surface area contributed by atoms with Crippen molar-refractivity contribution in [1.29, 1.82) is 0 Å². The molecule has 2 N–H and O–H groups in total. The van der Waals surface area contributed by atoms with Gasteiger partial charge in [0.25, 0.3) is 0 Å². The van der Waals surface area contributed by atoms with Crippen LogP contribution in [0.3, 0.4) is 0 Å². The van der Waals surface area contributed by atoms with Crippen LogP contribution in [-0.2, 0) is 4.79 Å². The van der Waals surface area contributed by atoms with Gasteiger partial charge in [0.15, 0.2) is 0 Å². The van der Waals surface area contributed by atoms with E-state index in [-0.39, 0.29) is 17.2 Å². The van der Waals surface area contributed by atoms with Crippen LogP contribution in [0.2, 0.25) is 0 Å². The zero-order chi connectivity index (χ0) is 13.8. The molecule has 1 aromatic carbocycles. The SMILES string of the molecule is CCOc1ccc(C(CC(N)=O)C(C)(C)C)cc1. The van der Waals surface area contributed by atoms with E-state index in [4.69, 9.17) is 10.5 Å². The van der Waals surface area contributed by atoms with E-state index in [9.17, 15) is 4.79 Å². The van der Waals surface area contributed by atoms with E-state index in [2.05, 4.69) is 20.8 Å². The molecule has 0 aliphatic rings. The molecule has 0 aliphatic heterocycles. The molecule has 0 spiro atoms. The van der Waals surface area contributed by atoms with Gasteiger partial charge in [-0.15, -0.1) is 0 Å². The fraction of sp³-hybridized carbons (Fsp3) is 0.533. The average Bonchev–Trinajstić information content (AvgIpc) is 2.26. The minimum Gasteiger partial charge on any atom is -0.494 e. The highest BCUT2D eigenvalue weighted by Gasteiger charge is 2.27. The molecule has 3 nitrogen and oxygen atoms in total. The first-order valence-corrected chi connectivity index (χ1v) is 6.35. The predicted molar refractivity (Wildman–Crippen MR) is 73.6 cm³/mol. The van der Waals surface area contributed by atoms with Gasteiger partial charge in [0, 0.05) is 6.42 Å². The third kappa shape index (κ3) is 4.06. The molecular formula is C15H23NO2. The van der Waals surface area contributed by atoms with Crippen LogP contribution in [0.1, 0.15) is 45.6 Å². The first kappa shape index (κ1) is 14.6. The Morgan fingerprint density at radius 2 is 1.83 bits per heavy atom. The highest BCUT2D eigenvalue weighted by atomic mass is 16.5. The van der Waals surface area contributed by atoms with Crippen molar-refractivity contribution in [2.45, 2.75) is 40.0 Å². The summed E-state index contributed by atoms with van der Waals surface area (Å²) in [5.74, 6) is 0.725. The van der Waals surface area contributed by atoms with Crippen LogP contribution in [0, 0.1) is 5.41 Å². The van der Waals surface area contributed by atoms with Gasteiger partial charge in [-0.25, -0.2) is 0 Å². The summed E-state index contributed by atoms with van der Waals surface area (Å²) in [4.78, 5) is 11.2. The standard InChI is InChI=1S/C15H23NO2/c1-5-18-12-8-6-11(7-9-12)13(10-14(16)17)15(2,3)4/h6-9,13H,5,10H2,1-4H3,(H2,16,17). The maximum Gasteiger partial charge on any atom is 0.218 e. The molecule has 0 saturated carbocycles. The smallest absolute Gasteiger partial charge is 0.218 e. The fourth-order valence-corrected chi connectivity index (χ4v) is 2.09. The number of rotatable bonds is 5. The van der Waals surface area contributed by atoms with Crippen LogP contribution in [0.4, 0.5) is 0 Å². The maximum absolute atomic E-state index is 11.2. The lowest BCUT2D eigenvalue weighted by Crippen LogP contribution is -2.24. The van der Waals surface area contributed by atoms with Gasteiger partial charge in [0.05, 0.1) is 6.61 Å². The van der Waals surface area contributed by atoms with Gasteiger partial charge in [-0.1, -0.05) is 32.9 Å². The molecule has 1 rings (SSSR count). The van der Waals surface area contributed by atoms with E-state index in [1.54, 1.807) is 0 Å². The van der Waals surface area contributed by atoms with E-state index >= 15 is 0 Å². The molecule has 0 aliphatic carbocycles. The topological polar surface area (TPSA) is 52.3 Å². The third-order valence-corrected chi connectivity index (χ3v) is 3.04. The van der Waals surface area contributed by atoms with Crippen molar-refractivity contribution in [3.63, 3.8) is 0 Å². The van der Waals surface area contributed by atoms with Crippen molar-refractivity contribution < 1.29 is 9.53 Å². The quantitative estimate of drug-likeness (QED) is 0.871. The summed E-state index contributed by atoms with van der Waals surface area (Å²) in [6.45, 7) is 8.98. The zero-order valence-electron chi connectivity index (χ0n) is 11.7. The Balaban J connectivity index is 2.95. The third-order valence-electron chi connectivity index (χ3n) is 3.04. The van der Waals surface area contributed by atoms with E-state index in [1.165, 1.54) is 0 Å². The summed E-state index contributed by atoms with van der Waals surface area (Å²) >= 11 is 0. The number of primary amides is 1. The van der Waals surface area contributed by atoms with Gasteiger partial charge in [-0.2, -0.15) is 0 Å². The number of hydrogen-bond donors (Lipinski definition) is 1. The predicted octanol–water partition coefficient (Wildman–Crippen LogP) is 3.09. The van der Waals surface area contributed by atoms with Crippen LogP contribution < -0.4 is 10.5 Å². The summed E-state index contributed by atoms with van der Waals surface area (Å²) in [5, 5.41) is 0. The first-order chi connectivity index (χ1) is 8.34. The Bertz CT molecular complexity index is 390. The zero-order valence-corrected chi connectivity index (χ0v) is 11.7. The molecule has 0 aromatic heterocycles. The second-order valence-electron chi connectivity index (χ2n) is 5.59. The number of hydrogen-bond acceptors (Lipinski definition) is 2. The Morgan fingerprint density at radius 3 is 2.22 bits per heavy atom. The number of amides is 1. The Kier molecular flexibility index (Phi) is 4.76. The van der Waals surface area contributed by atoms with Gasteiger partial charge in [-0.05, 0) is 36.0 Å². The molecule has 1 atom stereocenters. The summed E-state index contributed by atoms with van der Waals surface area (Å²) in [7, 11) is 0. The van der Waals surface area contributed by atoms with Crippen LogP contribution in [0.25, 0.3) is 0 Å².